The number of phenols is 1. The molecule has 0 aliphatic heterocycles. The minimum Gasteiger partial charge on any atom is -0.508 e. The molecule has 0 spiro atoms. The molecule has 4 atom stereocenters. The summed E-state index contributed by atoms with van der Waals surface area (Å²) < 4.78 is 0. The van der Waals surface area contributed by atoms with Gasteiger partial charge in [0.1, 0.15) is 22.7 Å². The Morgan fingerprint density at radius 1 is 1.24 bits per heavy atom. The number of aliphatic hydroxyl groups excluding tert-OH is 1. The molecule has 12 heteroatoms. The highest BCUT2D eigenvalue weighted by Gasteiger charge is 2.65. The fourth-order valence-corrected chi connectivity index (χ4v) is 5.71. The van der Waals surface area contributed by atoms with E-state index in [9.17, 15) is 39.8 Å². The molecule has 6 N–H and O–H groups in total. The number of carbonyl (C=O) groups is 4. The number of nitrogens with two attached hydrogens (primary N) is 1. The van der Waals surface area contributed by atoms with Crippen molar-refractivity contribution >= 4 is 34.9 Å². The summed E-state index contributed by atoms with van der Waals surface area (Å²) in [5, 5.41) is 42.6. The Hall–Kier alpha value is -3.09. The van der Waals surface area contributed by atoms with Crippen molar-refractivity contribution in [3.05, 3.63) is 50.8 Å². The summed E-state index contributed by atoms with van der Waals surface area (Å²) in [7, 11) is 2.91. The number of halogens is 1. The normalized spacial score (nSPS) is 31.0. The zero-order valence-corrected chi connectivity index (χ0v) is 19.0. The van der Waals surface area contributed by atoms with E-state index in [2.05, 4.69) is 0 Å². The van der Waals surface area contributed by atoms with Gasteiger partial charge in [0.2, 0.25) is 11.6 Å². The van der Waals surface area contributed by atoms with E-state index in [1.165, 1.54) is 32.0 Å². The molecular formula is C22H21ClN2O9. The number of Topliss-reactive ketones (excluding diaryl/α,β-unsaturated/α-hetero) is 3. The second-order valence-electron chi connectivity index (χ2n) is 8.89. The van der Waals surface area contributed by atoms with Gasteiger partial charge in [-0.25, -0.2) is 4.89 Å². The number of benzene rings is 1. The summed E-state index contributed by atoms with van der Waals surface area (Å²) in [6, 6.07) is 1.06. The lowest BCUT2D eigenvalue weighted by molar-refractivity contribution is -0.313. The van der Waals surface area contributed by atoms with Crippen LogP contribution in [0.25, 0.3) is 0 Å². The van der Waals surface area contributed by atoms with E-state index in [1.807, 2.05) is 0 Å². The number of rotatable bonds is 3. The summed E-state index contributed by atoms with van der Waals surface area (Å²) in [6.45, 7) is 1.30. The van der Waals surface area contributed by atoms with Crippen LogP contribution in [0.4, 0.5) is 0 Å². The first-order valence-electron chi connectivity index (χ1n) is 10.1. The first-order valence-corrected chi connectivity index (χ1v) is 10.5. The number of fused-ring (bicyclic) bond motifs is 2. The van der Waals surface area contributed by atoms with Gasteiger partial charge in [0.05, 0.1) is 17.2 Å². The molecule has 1 amide bonds. The predicted molar refractivity (Wildman–Crippen MR) is 115 cm³/mol. The molecule has 0 unspecified atom stereocenters. The summed E-state index contributed by atoms with van der Waals surface area (Å²) in [6.07, 6.45) is -0.406. The Bertz CT molecular complexity index is 1270. The standard InChI is InChI=1S/C22H21ClN2O9/c1-21(34-33)7-6-8-15(25(2)3)17(28)13(20(24)31)19(30)22(8,32)18(29)11(7)16(27)12-10(26)5-4-9(23)14(12)21/h4-5,8,15,26,30,32-33H,6H2,1-3H3,(H2,24,31)/t8-,15-,21-,22-/m0/s1. The molecule has 0 saturated heterocycles. The molecule has 0 fully saturated rings. The third-order valence-electron chi connectivity index (χ3n) is 6.95. The molecule has 34 heavy (non-hydrogen) atoms. The van der Waals surface area contributed by atoms with Gasteiger partial charge in [-0.2, -0.15) is 0 Å². The summed E-state index contributed by atoms with van der Waals surface area (Å²) in [5.41, 5.74) is -1.84. The van der Waals surface area contributed by atoms with Gasteiger partial charge in [-0.05, 0) is 45.1 Å². The van der Waals surface area contributed by atoms with E-state index in [-0.39, 0.29) is 16.2 Å². The van der Waals surface area contributed by atoms with Crippen molar-refractivity contribution in [3.63, 3.8) is 0 Å². The third-order valence-corrected chi connectivity index (χ3v) is 7.27. The van der Waals surface area contributed by atoms with Crippen molar-refractivity contribution in [1.82, 2.24) is 4.90 Å². The number of hydrogen-bond acceptors (Lipinski definition) is 10. The van der Waals surface area contributed by atoms with E-state index >= 15 is 0 Å². The van der Waals surface area contributed by atoms with Crippen LogP contribution < -0.4 is 5.73 Å². The Morgan fingerprint density at radius 2 is 1.85 bits per heavy atom. The number of phenolic OH excluding ortho intramolecular Hbond substituents is 1. The lowest BCUT2D eigenvalue weighted by Gasteiger charge is -2.50. The van der Waals surface area contributed by atoms with Gasteiger partial charge >= 0.3 is 0 Å². The van der Waals surface area contributed by atoms with Crippen LogP contribution in [0.3, 0.4) is 0 Å². The first-order chi connectivity index (χ1) is 15.7. The van der Waals surface area contributed by atoms with Crippen LogP contribution in [-0.2, 0) is 24.9 Å². The molecule has 0 aromatic heterocycles. The number of aliphatic hydroxyl groups is 2. The average molecular weight is 493 g/mol. The largest absolute Gasteiger partial charge is 0.508 e. The van der Waals surface area contributed by atoms with Crippen LogP contribution in [0.15, 0.2) is 34.6 Å². The fourth-order valence-electron chi connectivity index (χ4n) is 5.37. The highest BCUT2D eigenvalue weighted by molar-refractivity contribution is 6.36. The van der Waals surface area contributed by atoms with E-state index in [0.717, 1.165) is 6.07 Å². The van der Waals surface area contributed by atoms with E-state index in [4.69, 9.17) is 22.2 Å². The van der Waals surface area contributed by atoms with Gasteiger partial charge < -0.3 is 21.1 Å². The molecule has 11 nitrogen and oxygen atoms in total. The van der Waals surface area contributed by atoms with Gasteiger partial charge in [0.15, 0.2) is 11.4 Å². The molecule has 1 aromatic rings. The molecule has 4 rings (SSSR count). The second kappa shape index (κ2) is 7.45. The number of ketones is 3. The van der Waals surface area contributed by atoms with Crippen LogP contribution in [-0.4, -0.2) is 74.5 Å². The molecule has 0 radical (unpaired) electrons. The number of aromatic hydroxyl groups is 1. The summed E-state index contributed by atoms with van der Waals surface area (Å²) in [4.78, 5) is 58.3. The third kappa shape index (κ3) is 2.72. The minimum atomic E-state index is -2.87. The number of carbonyl (C=O) groups excluding carboxylic acids is 4. The molecule has 3 aliphatic carbocycles. The van der Waals surface area contributed by atoms with Crippen molar-refractivity contribution in [3.8, 4) is 5.75 Å². The van der Waals surface area contributed by atoms with Crippen molar-refractivity contribution in [2.45, 2.75) is 30.6 Å². The van der Waals surface area contributed by atoms with Crippen molar-refractivity contribution in [2.75, 3.05) is 14.1 Å². The lowest BCUT2D eigenvalue weighted by Crippen LogP contribution is -2.65. The minimum absolute atomic E-state index is 0.0554. The topological polar surface area (TPSA) is 188 Å². The van der Waals surface area contributed by atoms with Gasteiger partial charge in [-0.1, -0.05) is 11.6 Å². The highest BCUT2D eigenvalue weighted by Crippen LogP contribution is 2.55. The van der Waals surface area contributed by atoms with E-state index in [1.54, 1.807) is 0 Å². The van der Waals surface area contributed by atoms with Gasteiger partial charge in [0, 0.05) is 16.5 Å². The smallest absolute Gasteiger partial charge is 0.255 e. The Kier molecular flexibility index (Phi) is 5.27. The zero-order valence-electron chi connectivity index (χ0n) is 18.2. The van der Waals surface area contributed by atoms with E-state index < -0.39 is 81.1 Å². The summed E-state index contributed by atoms with van der Waals surface area (Å²) in [5.74, 6) is -7.89. The number of amides is 1. The van der Waals surface area contributed by atoms with Crippen LogP contribution in [0, 0.1) is 5.92 Å². The molecular weight excluding hydrogens is 472 g/mol. The Morgan fingerprint density at radius 3 is 2.38 bits per heavy atom. The van der Waals surface area contributed by atoms with Crippen molar-refractivity contribution in [2.24, 2.45) is 11.7 Å². The number of likely N-dealkylation sites (N-methyl/N-ethyl adjacent to an activating group) is 1. The second-order valence-corrected chi connectivity index (χ2v) is 9.30. The van der Waals surface area contributed by atoms with Crippen molar-refractivity contribution < 1.29 is 44.6 Å². The van der Waals surface area contributed by atoms with E-state index in [0.29, 0.717) is 0 Å². The predicted octanol–water partition coefficient (Wildman–Crippen LogP) is 0.374. The Balaban J connectivity index is 2.09. The monoisotopic (exact) mass is 492 g/mol. The molecule has 1 aromatic carbocycles. The quantitative estimate of drug-likeness (QED) is 0.224. The first kappa shape index (κ1) is 24.0. The average Bonchev–Trinajstić information content (AvgIpc) is 2.75. The number of primary amides is 1. The maximum atomic E-state index is 13.7. The number of hydrogen-bond donors (Lipinski definition) is 5. The number of nitrogens with zero attached hydrogens (tertiary/aromatic N) is 1. The van der Waals surface area contributed by atoms with Gasteiger partial charge in [0.25, 0.3) is 5.91 Å². The van der Waals surface area contributed by atoms with Crippen LogP contribution in [0.1, 0.15) is 29.3 Å². The SMILES string of the molecule is CN(C)[C@@H]1C(=O)C(C(N)=O)=C(O)[C@@]2(O)C(=O)C3=C(C[C@@H]12)[C@](C)(OO)c1c(Cl)ccc(O)c1C3=O. The van der Waals surface area contributed by atoms with Crippen molar-refractivity contribution in [1.29, 1.82) is 0 Å². The van der Waals surface area contributed by atoms with Crippen LogP contribution in [0.2, 0.25) is 5.02 Å². The molecule has 0 bridgehead atoms. The highest BCUT2D eigenvalue weighted by atomic mass is 35.5. The molecule has 0 saturated carbocycles. The van der Waals surface area contributed by atoms with Gasteiger partial charge in [-0.3, -0.25) is 29.3 Å². The molecule has 0 heterocycles. The lowest BCUT2D eigenvalue weighted by atomic mass is 9.57. The Labute approximate surface area is 197 Å². The van der Waals surface area contributed by atoms with Crippen LogP contribution in [0.5, 0.6) is 5.75 Å². The maximum Gasteiger partial charge on any atom is 0.255 e. The fraction of sp³-hybridized carbons (Fsp3) is 0.364. The molecule has 3 aliphatic rings. The van der Waals surface area contributed by atoms with Gasteiger partial charge in [-0.15, -0.1) is 0 Å². The summed E-state index contributed by atoms with van der Waals surface area (Å²) >= 11 is 6.28. The maximum absolute atomic E-state index is 13.7. The zero-order chi connectivity index (χ0) is 25.5. The molecule has 180 valence electrons. The van der Waals surface area contributed by atoms with Crippen LogP contribution >= 0.6 is 11.6 Å².